The van der Waals surface area contributed by atoms with Gasteiger partial charge in [0.25, 0.3) is 6.71 Å². The fourth-order valence-electron chi connectivity index (χ4n) is 10.3. The first-order chi connectivity index (χ1) is 31.5. The third-order valence-corrected chi connectivity index (χ3v) is 13.6. The van der Waals surface area contributed by atoms with Crippen LogP contribution in [0.2, 0.25) is 0 Å². The summed E-state index contributed by atoms with van der Waals surface area (Å²) in [5, 5.41) is 0. The maximum absolute atomic E-state index is 5.67. The summed E-state index contributed by atoms with van der Waals surface area (Å²) in [4.78, 5) is 10.6. The lowest BCUT2D eigenvalue weighted by Gasteiger charge is -2.37. The van der Waals surface area contributed by atoms with Gasteiger partial charge in [0, 0.05) is 39.8 Å². The van der Waals surface area contributed by atoms with E-state index >= 15 is 0 Å². The molecule has 4 nitrogen and oxygen atoms in total. The summed E-state index contributed by atoms with van der Waals surface area (Å²) >= 11 is 0. The van der Waals surface area contributed by atoms with Crippen molar-refractivity contribution in [2.45, 2.75) is 72.1 Å². The molecule has 0 unspecified atom stereocenters. The van der Waals surface area contributed by atoms with Gasteiger partial charge >= 0.3 is 0 Å². The summed E-state index contributed by atoms with van der Waals surface area (Å²) in [6.07, 6.45) is 2.04. The topological polar surface area (TPSA) is 24.3 Å². The van der Waals surface area contributed by atoms with Crippen LogP contribution in [0.3, 0.4) is 0 Å². The Hall–Kier alpha value is -7.11. The fraction of sp³-hybridized carbons (Fsp3) is 0.183. The minimum absolute atomic E-state index is 0.0482. The molecule has 5 heteroatoms. The Kier molecular flexibility index (Phi) is 9.73. The van der Waals surface area contributed by atoms with Gasteiger partial charge in [-0.25, -0.2) is 4.98 Å². The molecule has 9 aromatic rings. The Bertz CT molecular complexity index is 3150. The van der Waals surface area contributed by atoms with Crippen LogP contribution in [0.15, 0.2) is 182 Å². The van der Waals surface area contributed by atoms with Gasteiger partial charge in [0.1, 0.15) is 0 Å². The zero-order chi connectivity index (χ0) is 44.6. The summed E-state index contributed by atoms with van der Waals surface area (Å²) in [5.41, 5.74) is 22.8. The van der Waals surface area contributed by atoms with Crippen LogP contribution in [-0.2, 0) is 17.3 Å². The molecule has 8 aromatic carbocycles. The molecule has 0 bridgehead atoms. The number of anilines is 6. The van der Waals surface area contributed by atoms with Gasteiger partial charge in [-0.3, -0.25) is 0 Å². The van der Waals surface area contributed by atoms with Crippen molar-refractivity contribution in [2.24, 2.45) is 0 Å². The van der Waals surface area contributed by atoms with Crippen molar-refractivity contribution in [3.8, 4) is 27.9 Å². The van der Waals surface area contributed by atoms with E-state index in [-0.39, 0.29) is 17.5 Å². The van der Waals surface area contributed by atoms with Crippen LogP contribution in [0, 0.1) is 0 Å². The van der Waals surface area contributed by atoms with Crippen LogP contribution in [0.4, 0.5) is 34.1 Å². The molecule has 0 spiro atoms. The van der Waals surface area contributed by atoms with Crippen molar-refractivity contribution in [1.29, 1.82) is 0 Å². The van der Waals surface area contributed by atoms with E-state index in [4.69, 9.17) is 4.98 Å². The number of benzene rings is 8. The van der Waals surface area contributed by atoms with Crippen molar-refractivity contribution in [1.82, 2.24) is 9.55 Å². The summed E-state index contributed by atoms with van der Waals surface area (Å²) in [6.45, 7) is 15.9. The Morgan fingerprint density at radius 2 is 1.05 bits per heavy atom. The molecule has 0 amide bonds. The maximum Gasteiger partial charge on any atom is 0.294 e. The van der Waals surface area contributed by atoms with Crippen molar-refractivity contribution in [2.75, 3.05) is 9.80 Å². The minimum Gasteiger partial charge on any atom is -0.311 e. The average molecular weight is 843 g/mol. The van der Waals surface area contributed by atoms with Crippen molar-refractivity contribution < 1.29 is 0 Å². The number of fused-ring (bicyclic) bond motifs is 7. The molecule has 11 rings (SSSR count). The molecular formula is C60H55BN4. The molecular weight excluding hydrogens is 787 g/mol. The Morgan fingerprint density at radius 1 is 0.523 bits per heavy atom. The highest BCUT2D eigenvalue weighted by molar-refractivity contribution is 6.99. The van der Waals surface area contributed by atoms with Gasteiger partial charge in [-0.1, -0.05) is 164 Å². The Labute approximate surface area is 384 Å². The number of imidazole rings is 1. The second-order valence-electron chi connectivity index (χ2n) is 20.0. The van der Waals surface area contributed by atoms with Gasteiger partial charge < -0.3 is 14.4 Å². The van der Waals surface area contributed by atoms with E-state index < -0.39 is 0 Å². The summed E-state index contributed by atoms with van der Waals surface area (Å²) in [7, 11) is 0. The number of aryl methyl sites for hydroxylation is 1. The number of para-hydroxylation sites is 1. The molecule has 0 radical (unpaired) electrons. The van der Waals surface area contributed by atoms with E-state index in [1.54, 1.807) is 0 Å². The van der Waals surface area contributed by atoms with Gasteiger partial charge in [0.2, 0.25) is 0 Å². The summed E-state index contributed by atoms with van der Waals surface area (Å²) in [5.74, 6) is 0. The van der Waals surface area contributed by atoms with Crippen molar-refractivity contribution >= 4 is 68.5 Å². The van der Waals surface area contributed by atoms with Crippen LogP contribution >= 0.6 is 0 Å². The van der Waals surface area contributed by atoms with Gasteiger partial charge in [-0.2, -0.15) is 0 Å². The standard InChI is InChI=1S/C60H55BN4/c1-8-18-40-35-55-57-56(36-40)65-54-39-50(42-21-14-10-15-22-42)49(41-19-12-9-13-20-41)38-52(54)62-58(65)61(57)51-34-33-48(37-53(51)64(55)45-23-16-11-17-24-45)63(46-29-25-43(26-30-46)59(2,3)4)47-31-27-44(28-32-47)60(5,6)7/h9-17,19-39H,8,18H2,1-7H3. The van der Waals surface area contributed by atoms with Crippen molar-refractivity contribution in [3.63, 3.8) is 0 Å². The number of nitrogens with zero attached hydrogens (tertiary/aromatic N) is 4. The SMILES string of the molecule is CCCc1cc2c3c(c1)-n1c(nc4cc(-c5ccccc5)c(-c5ccccc5)cc41)B3c1ccc(N(c3ccc(C(C)(C)C)cc3)c3ccc(C(C)(C)C)cc3)cc1N2c1ccccc1. The van der Waals surface area contributed by atoms with Crippen molar-refractivity contribution in [3.05, 3.63) is 199 Å². The zero-order valence-electron chi connectivity index (χ0n) is 38.6. The van der Waals surface area contributed by atoms with E-state index in [0.29, 0.717) is 0 Å². The van der Waals surface area contributed by atoms with E-state index in [1.807, 2.05) is 0 Å². The predicted molar refractivity (Wildman–Crippen MR) is 277 cm³/mol. The third-order valence-electron chi connectivity index (χ3n) is 13.6. The average Bonchev–Trinajstić information content (AvgIpc) is 3.84. The number of rotatable bonds is 8. The lowest BCUT2D eigenvalue weighted by molar-refractivity contribution is 0.590. The highest BCUT2D eigenvalue weighted by Crippen LogP contribution is 2.45. The molecule has 2 aliphatic rings. The minimum atomic E-state index is -0.0574. The molecule has 0 saturated carbocycles. The van der Waals surface area contributed by atoms with Crippen LogP contribution in [0.25, 0.3) is 39.0 Å². The molecule has 0 saturated heterocycles. The molecule has 0 fully saturated rings. The van der Waals surface area contributed by atoms with E-state index in [9.17, 15) is 0 Å². The lowest BCUT2D eigenvalue weighted by atomic mass is 9.39. The van der Waals surface area contributed by atoms with Gasteiger partial charge in [0.15, 0.2) is 0 Å². The molecule has 0 N–H and O–H groups in total. The van der Waals surface area contributed by atoms with Gasteiger partial charge in [-0.05, 0) is 140 Å². The third kappa shape index (κ3) is 6.96. The second kappa shape index (κ2) is 15.6. The van der Waals surface area contributed by atoms with Gasteiger partial charge in [0.05, 0.1) is 16.8 Å². The van der Waals surface area contributed by atoms with Crippen LogP contribution in [0.1, 0.15) is 71.6 Å². The number of aromatic nitrogens is 2. The quantitative estimate of drug-likeness (QED) is 0.142. The molecule has 3 heterocycles. The van der Waals surface area contributed by atoms with E-state index in [2.05, 4.69) is 245 Å². The fourth-order valence-corrected chi connectivity index (χ4v) is 10.3. The van der Waals surface area contributed by atoms with E-state index in [1.165, 1.54) is 66.9 Å². The zero-order valence-corrected chi connectivity index (χ0v) is 38.6. The largest absolute Gasteiger partial charge is 0.311 e. The smallest absolute Gasteiger partial charge is 0.294 e. The van der Waals surface area contributed by atoms with E-state index in [0.717, 1.165) is 52.3 Å². The van der Waals surface area contributed by atoms with Gasteiger partial charge in [-0.15, -0.1) is 0 Å². The van der Waals surface area contributed by atoms with Crippen LogP contribution in [-0.4, -0.2) is 16.3 Å². The lowest BCUT2D eigenvalue weighted by Crippen LogP contribution is -2.55. The summed E-state index contributed by atoms with van der Waals surface area (Å²) < 4.78 is 2.49. The monoisotopic (exact) mass is 842 g/mol. The number of hydrogen-bond acceptors (Lipinski definition) is 3. The molecule has 65 heavy (non-hydrogen) atoms. The molecule has 318 valence electrons. The highest BCUT2D eigenvalue weighted by Gasteiger charge is 2.46. The first-order valence-electron chi connectivity index (χ1n) is 23.3. The second-order valence-corrected chi connectivity index (χ2v) is 20.0. The molecule has 2 aliphatic heterocycles. The summed E-state index contributed by atoms with van der Waals surface area (Å²) in [6, 6.07) is 67.7. The maximum atomic E-state index is 5.67. The Balaban J connectivity index is 1.16. The van der Waals surface area contributed by atoms with Crippen LogP contribution in [0.5, 0.6) is 0 Å². The molecule has 0 aliphatic carbocycles. The number of hydrogen-bond donors (Lipinski definition) is 0. The highest BCUT2D eigenvalue weighted by atomic mass is 15.2. The van der Waals surface area contributed by atoms with Crippen LogP contribution < -0.4 is 26.4 Å². The molecule has 0 atom stereocenters. The first kappa shape index (κ1) is 40.7. The predicted octanol–water partition coefficient (Wildman–Crippen LogP) is 14.0. The first-order valence-corrected chi connectivity index (χ1v) is 23.3. The molecule has 1 aromatic heterocycles. The normalized spacial score (nSPS) is 12.9. The Morgan fingerprint density at radius 3 is 1.60 bits per heavy atom.